The minimum atomic E-state index is -2.62. The Bertz CT molecular complexity index is 415. The molecule has 0 bridgehead atoms. The lowest BCUT2D eigenvalue weighted by Gasteiger charge is -2.21. The van der Waals surface area contributed by atoms with Crippen LogP contribution in [0.1, 0.15) is 5.56 Å². The summed E-state index contributed by atoms with van der Waals surface area (Å²) in [7, 11) is 0. The molecule has 1 N–H and O–H groups in total. The molecule has 1 aromatic carbocycles. The first-order valence-corrected chi connectivity index (χ1v) is 7.17. The molecule has 0 fully saturated rings. The van der Waals surface area contributed by atoms with Gasteiger partial charge in [0.15, 0.2) is 0 Å². The minimum absolute atomic E-state index is 0.0457. The lowest BCUT2D eigenvalue weighted by Crippen LogP contribution is -2.38. The Kier molecular flexibility index (Phi) is 7.46. The Labute approximate surface area is 119 Å². The largest absolute Gasteiger partial charge is 0.395 e. The van der Waals surface area contributed by atoms with E-state index in [4.69, 9.17) is 5.11 Å². The third-order valence-electron chi connectivity index (χ3n) is 2.49. The summed E-state index contributed by atoms with van der Waals surface area (Å²) >= 11 is 1.26. The first-order valence-electron chi connectivity index (χ1n) is 6.02. The Morgan fingerprint density at radius 1 is 1.30 bits per heavy atom. The molecule has 0 spiro atoms. The van der Waals surface area contributed by atoms with Crippen LogP contribution in [0.3, 0.4) is 0 Å². The van der Waals surface area contributed by atoms with Crippen LogP contribution in [0.15, 0.2) is 24.3 Å². The highest BCUT2D eigenvalue weighted by Crippen LogP contribution is 2.13. The maximum absolute atomic E-state index is 12.7. The van der Waals surface area contributed by atoms with Crippen LogP contribution in [0.2, 0.25) is 0 Å². The van der Waals surface area contributed by atoms with Gasteiger partial charge in [0.25, 0.3) is 6.43 Å². The van der Waals surface area contributed by atoms with Gasteiger partial charge in [-0.1, -0.05) is 12.1 Å². The highest BCUT2D eigenvalue weighted by Gasteiger charge is 2.17. The van der Waals surface area contributed by atoms with Gasteiger partial charge in [0.1, 0.15) is 5.82 Å². The number of rotatable bonds is 8. The zero-order chi connectivity index (χ0) is 15.0. The number of carbonyl (C=O) groups excluding carboxylic acids is 1. The zero-order valence-electron chi connectivity index (χ0n) is 10.8. The van der Waals surface area contributed by atoms with E-state index < -0.39 is 18.9 Å². The summed E-state index contributed by atoms with van der Waals surface area (Å²) in [5, 5.41) is 8.75. The molecule has 0 saturated heterocycles. The first-order chi connectivity index (χ1) is 9.52. The van der Waals surface area contributed by atoms with Crippen molar-refractivity contribution in [2.24, 2.45) is 0 Å². The van der Waals surface area contributed by atoms with Crippen LogP contribution < -0.4 is 0 Å². The van der Waals surface area contributed by atoms with Crippen molar-refractivity contribution in [3.8, 4) is 0 Å². The normalized spacial score (nSPS) is 10.8. The smallest absolute Gasteiger partial charge is 0.255 e. The van der Waals surface area contributed by atoms with Crippen molar-refractivity contribution in [2.75, 3.05) is 25.4 Å². The number of aliphatic hydroxyl groups is 1. The van der Waals surface area contributed by atoms with Crippen molar-refractivity contribution in [1.82, 2.24) is 4.90 Å². The molecule has 0 saturated carbocycles. The third-order valence-corrected chi connectivity index (χ3v) is 3.48. The lowest BCUT2D eigenvalue weighted by atomic mass is 10.2. The molecule has 0 radical (unpaired) electrons. The summed E-state index contributed by atoms with van der Waals surface area (Å²) in [5.41, 5.74) is 0.853. The van der Waals surface area contributed by atoms with E-state index in [0.717, 1.165) is 10.5 Å². The first kappa shape index (κ1) is 16.8. The summed E-state index contributed by atoms with van der Waals surface area (Å²) in [6.45, 7) is -1.11. The van der Waals surface area contributed by atoms with E-state index in [1.165, 1.54) is 23.9 Å². The van der Waals surface area contributed by atoms with E-state index in [9.17, 15) is 18.0 Å². The number of alkyl halides is 2. The van der Waals surface area contributed by atoms with E-state index in [1.807, 2.05) is 0 Å². The van der Waals surface area contributed by atoms with Crippen LogP contribution in [0.5, 0.6) is 0 Å². The minimum Gasteiger partial charge on any atom is -0.395 e. The molecule has 0 atom stereocenters. The number of carbonyl (C=O) groups is 1. The van der Waals surface area contributed by atoms with Gasteiger partial charge in [-0.25, -0.2) is 13.2 Å². The Morgan fingerprint density at radius 2 is 1.95 bits per heavy atom. The monoisotopic (exact) mass is 307 g/mol. The summed E-state index contributed by atoms with van der Waals surface area (Å²) in [6, 6.07) is 5.87. The number of hydrogen-bond acceptors (Lipinski definition) is 3. The second-order valence-electron chi connectivity index (χ2n) is 4.07. The van der Waals surface area contributed by atoms with Crippen molar-refractivity contribution in [1.29, 1.82) is 0 Å². The van der Waals surface area contributed by atoms with Gasteiger partial charge in [0.2, 0.25) is 5.91 Å². The molecule has 20 heavy (non-hydrogen) atoms. The highest BCUT2D eigenvalue weighted by molar-refractivity contribution is 7.99. The zero-order valence-corrected chi connectivity index (χ0v) is 11.6. The number of thioether (sulfide) groups is 1. The predicted octanol–water partition coefficient (Wildman–Crippen LogP) is 2.14. The topological polar surface area (TPSA) is 40.5 Å². The van der Waals surface area contributed by atoms with Gasteiger partial charge in [0.05, 0.1) is 18.9 Å². The Morgan fingerprint density at radius 3 is 2.50 bits per heavy atom. The van der Waals surface area contributed by atoms with Crippen molar-refractivity contribution < 1.29 is 23.1 Å². The molecule has 1 amide bonds. The highest BCUT2D eigenvalue weighted by atomic mass is 32.2. The molecule has 0 heterocycles. The van der Waals surface area contributed by atoms with Crippen molar-refractivity contribution in [3.05, 3.63) is 35.6 Å². The van der Waals surface area contributed by atoms with Gasteiger partial charge in [-0.05, 0) is 17.7 Å². The fraction of sp³-hybridized carbons (Fsp3) is 0.462. The second kappa shape index (κ2) is 8.86. The molecule has 0 aliphatic heterocycles. The van der Waals surface area contributed by atoms with E-state index in [1.54, 1.807) is 12.1 Å². The standard InChI is InChI=1S/C13H16F3NO2S/c14-11-3-1-10(2-4-11)8-20-9-13(19)17(5-6-18)7-12(15)16/h1-4,12,18H,5-9H2. The molecule has 0 aliphatic rings. The Balaban J connectivity index is 2.38. The molecular weight excluding hydrogens is 291 g/mol. The molecule has 1 rings (SSSR count). The van der Waals surface area contributed by atoms with Crippen molar-refractivity contribution in [3.63, 3.8) is 0 Å². The second-order valence-corrected chi connectivity index (χ2v) is 5.06. The van der Waals surface area contributed by atoms with Crippen molar-refractivity contribution in [2.45, 2.75) is 12.2 Å². The van der Waals surface area contributed by atoms with Crippen LogP contribution in [0.4, 0.5) is 13.2 Å². The predicted molar refractivity (Wildman–Crippen MR) is 72.2 cm³/mol. The van der Waals surface area contributed by atoms with Crippen LogP contribution in [0, 0.1) is 5.82 Å². The van der Waals surface area contributed by atoms with Gasteiger partial charge < -0.3 is 10.0 Å². The number of hydrogen-bond donors (Lipinski definition) is 1. The van der Waals surface area contributed by atoms with Gasteiger partial charge in [0, 0.05) is 12.3 Å². The van der Waals surface area contributed by atoms with Gasteiger partial charge in [-0.3, -0.25) is 4.79 Å². The van der Waals surface area contributed by atoms with Crippen LogP contribution in [-0.2, 0) is 10.5 Å². The molecule has 0 aromatic heterocycles. The molecule has 7 heteroatoms. The summed E-state index contributed by atoms with van der Waals surface area (Å²) < 4.78 is 37.2. The third kappa shape index (κ3) is 6.29. The van der Waals surface area contributed by atoms with Crippen LogP contribution in [-0.4, -0.2) is 47.8 Å². The maximum atomic E-state index is 12.7. The van der Waals surface area contributed by atoms with Crippen molar-refractivity contribution >= 4 is 17.7 Å². The maximum Gasteiger partial charge on any atom is 0.255 e. The summed E-state index contributed by atoms with van der Waals surface area (Å²) in [6.07, 6.45) is -2.62. The fourth-order valence-electron chi connectivity index (χ4n) is 1.53. The van der Waals surface area contributed by atoms with Gasteiger partial charge >= 0.3 is 0 Å². The number of benzene rings is 1. The molecule has 0 unspecified atom stereocenters. The molecule has 3 nitrogen and oxygen atoms in total. The van der Waals surface area contributed by atoms with Gasteiger partial charge in [-0.2, -0.15) is 0 Å². The van der Waals surface area contributed by atoms with E-state index in [-0.39, 0.29) is 24.7 Å². The molecule has 1 aromatic rings. The van der Waals surface area contributed by atoms with Crippen LogP contribution >= 0.6 is 11.8 Å². The molecule has 112 valence electrons. The summed E-state index contributed by atoms with van der Waals surface area (Å²) in [5.74, 6) is -0.232. The Hall–Kier alpha value is -1.21. The van der Waals surface area contributed by atoms with Crippen LogP contribution in [0.25, 0.3) is 0 Å². The van der Waals surface area contributed by atoms with E-state index in [2.05, 4.69) is 0 Å². The average Bonchev–Trinajstić information content (AvgIpc) is 2.40. The number of amides is 1. The fourth-order valence-corrected chi connectivity index (χ4v) is 2.42. The SMILES string of the molecule is O=C(CSCc1ccc(F)cc1)N(CCO)CC(F)F. The molecule has 0 aliphatic carbocycles. The number of halogens is 3. The summed E-state index contributed by atoms with van der Waals surface area (Å²) in [4.78, 5) is 12.7. The lowest BCUT2D eigenvalue weighted by molar-refractivity contribution is -0.130. The van der Waals surface area contributed by atoms with Gasteiger partial charge in [-0.15, -0.1) is 11.8 Å². The molecular formula is C13H16F3NO2S. The number of aliphatic hydroxyl groups excluding tert-OH is 1. The number of nitrogens with zero attached hydrogens (tertiary/aromatic N) is 1. The average molecular weight is 307 g/mol. The van der Waals surface area contributed by atoms with E-state index >= 15 is 0 Å². The van der Waals surface area contributed by atoms with E-state index in [0.29, 0.717) is 5.75 Å². The quantitative estimate of drug-likeness (QED) is 0.800.